The number of benzene rings is 1. The number of hydrogen-bond donors (Lipinski definition) is 1. The van der Waals surface area contributed by atoms with E-state index >= 15 is 0 Å². The average Bonchev–Trinajstić information content (AvgIpc) is 2.38. The Morgan fingerprint density at radius 1 is 1.44 bits per heavy atom. The maximum absolute atomic E-state index is 9.54. The molecule has 0 aliphatic carbocycles. The third kappa shape index (κ3) is 2.61. The van der Waals surface area contributed by atoms with Crippen molar-refractivity contribution in [2.24, 2.45) is 11.3 Å². The highest BCUT2D eigenvalue weighted by Crippen LogP contribution is 2.37. The molecule has 0 aromatic heterocycles. The molecule has 0 amide bonds. The minimum atomic E-state index is 0.226. The van der Waals surface area contributed by atoms with Gasteiger partial charge in [-0.15, -0.1) is 0 Å². The van der Waals surface area contributed by atoms with Crippen LogP contribution in [0.2, 0.25) is 0 Å². The third-order valence-corrected chi connectivity index (χ3v) is 4.21. The Bertz CT molecular complexity index is 403. The Morgan fingerprint density at radius 2 is 2.22 bits per heavy atom. The molecule has 1 aliphatic heterocycles. The zero-order valence-corrected chi connectivity index (χ0v) is 11.5. The van der Waals surface area contributed by atoms with E-state index in [0.29, 0.717) is 5.92 Å². The summed E-state index contributed by atoms with van der Waals surface area (Å²) in [5.41, 5.74) is 1.41. The predicted molar refractivity (Wildman–Crippen MR) is 74.2 cm³/mol. The van der Waals surface area contributed by atoms with Crippen LogP contribution in [-0.4, -0.2) is 31.9 Å². The highest BCUT2D eigenvalue weighted by Gasteiger charge is 2.35. The Labute approximate surface area is 109 Å². The lowest BCUT2D eigenvalue weighted by Gasteiger charge is -2.44. The highest BCUT2D eigenvalue weighted by molar-refractivity contribution is 5.51. The van der Waals surface area contributed by atoms with Crippen molar-refractivity contribution in [3.8, 4) is 5.75 Å². The average molecular weight is 249 g/mol. The third-order valence-electron chi connectivity index (χ3n) is 4.21. The summed E-state index contributed by atoms with van der Waals surface area (Å²) in [6, 6.07) is 8.14. The van der Waals surface area contributed by atoms with Gasteiger partial charge >= 0.3 is 0 Å². The van der Waals surface area contributed by atoms with E-state index in [1.807, 2.05) is 12.1 Å². The zero-order chi connectivity index (χ0) is 13.2. The Hall–Kier alpha value is -1.22. The van der Waals surface area contributed by atoms with Gasteiger partial charge in [-0.25, -0.2) is 0 Å². The van der Waals surface area contributed by atoms with Gasteiger partial charge in [-0.3, -0.25) is 0 Å². The zero-order valence-electron chi connectivity index (χ0n) is 11.5. The van der Waals surface area contributed by atoms with Gasteiger partial charge in [-0.05, 0) is 24.0 Å². The fourth-order valence-electron chi connectivity index (χ4n) is 2.58. The molecule has 3 nitrogen and oxygen atoms in total. The SMILES string of the molecule is COc1cccc(N2CCC(C)(C)C(CO)C2)c1. The fourth-order valence-corrected chi connectivity index (χ4v) is 2.58. The number of anilines is 1. The Kier molecular flexibility index (Phi) is 3.81. The van der Waals surface area contributed by atoms with E-state index in [1.165, 1.54) is 5.69 Å². The fraction of sp³-hybridized carbons (Fsp3) is 0.600. The summed E-state index contributed by atoms with van der Waals surface area (Å²) in [5, 5.41) is 9.54. The second-order valence-electron chi connectivity index (χ2n) is 5.77. The van der Waals surface area contributed by atoms with Gasteiger partial charge in [0.25, 0.3) is 0 Å². The molecule has 0 radical (unpaired) electrons. The second-order valence-corrected chi connectivity index (χ2v) is 5.77. The summed E-state index contributed by atoms with van der Waals surface area (Å²) in [6.45, 7) is 6.70. The number of piperidine rings is 1. The van der Waals surface area contributed by atoms with Crippen molar-refractivity contribution in [1.29, 1.82) is 0 Å². The highest BCUT2D eigenvalue weighted by atomic mass is 16.5. The van der Waals surface area contributed by atoms with Crippen LogP contribution >= 0.6 is 0 Å². The predicted octanol–water partition coefficient (Wildman–Crippen LogP) is 2.54. The van der Waals surface area contributed by atoms with Gasteiger partial charge in [0.15, 0.2) is 0 Å². The molecule has 1 heterocycles. The van der Waals surface area contributed by atoms with E-state index in [1.54, 1.807) is 7.11 Å². The summed E-state index contributed by atoms with van der Waals surface area (Å²) in [7, 11) is 1.69. The molecule has 1 aromatic rings. The topological polar surface area (TPSA) is 32.7 Å². The molecule has 1 N–H and O–H groups in total. The molecule has 18 heavy (non-hydrogen) atoms. The normalized spacial score (nSPS) is 22.9. The summed E-state index contributed by atoms with van der Waals surface area (Å²) in [4.78, 5) is 2.34. The largest absolute Gasteiger partial charge is 0.497 e. The molecule has 1 aliphatic rings. The van der Waals surface area contributed by atoms with E-state index in [9.17, 15) is 5.11 Å². The van der Waals surface area contributed by atoms with Crippen LogP contribution in [-0.2, 0) is 0 Å². The van der Waals surface area contributed by atoms with Crippen LogP contribution in [0.5, 0.6) is 5.75 Å². The molecular weight excluding hydrogens is 226 g/mol. The van der Waals surface area contributed by atoms with Crippen LogP contribution in [0.1, 0.15) is 20.3 Å². The van der Waals surface area contributed by atoms with Gasteiger partial charge < -0.3 is 14.7 Å². The van der Waals surface area contributed by atoms with Crippen LogP contribution in [0.15, 0.2) is 24.3 Å². The maximum Gasteiger partial charge on any atom is 0.120 e. The summed E-state index contributed by atoms with van der Waals surface area (Å²) < 4.78 is 5.26. The molecule has 1 unspecified atom stereocenters. The first-order valence-corrected chi connectivity index (χ1v) is 6.56. The number of hydrogen-bond acceptors (Lipinski definition) is 3. The standard InChI is InChI=1S/C15H23NO2/c1-15(2)7-8-16(10-12(15)11-17)13-5-4-6-14(9-13)18-3/h4-6,9,12,17H,7-8,10-11H2,1-3H3. The molecule has 1 aromatic carbocycles. The van der Waals surface area contributed by atoms with E-state index in [0.717, 1.165) is 25.3 Å². The molecule has 100 valence electrons. The lowest BCUT2D eigenvalue weighted by atomic mass is 9.73. The van der Waals surface area contributed by atoms with Crippen LogP contribution in [0.25, 0.3) is 0 Å². The van der Waals surface area contributed by atoms with Crippen molar-refractivity contribution in [3.63, 3.8) is 0 Å². The number of aliphatic hydroxyl groups excluding tert-OH is 1. The minimum Gasteiger partial charge on any atom is -0.497 e. The van der Waals surface area contributed by atoms with Gasteiger partial charge in [0.2, 0.25) is 0 Å². The van der Waals surface area contributed by atoms with E-state index < -0.39 is 0 Å². The molecule has 3 heteroatoms. The van der Waals surface area contributed by atoms with Crippen LogP contribution < -0.4 is 9.64 Å². The first kappa shape index (κ1) is 13.2. The second kappa shape index (κ2) is 5.19. The monoisotopic (exact) mass is 249 g/mol. The molecule has 1 fully saturated rings. The molecule has 0 saturated carbocycles. The lowest BCUT2D eigenvalue weighted by molar-refractivity contribution is 0.0967. The molecule has 1 atom stereocenters. The quantitative estimate of drug-likeness (QED) is 0.893. The maximum atomic E-state index is 9.54. The van der Waals surface area contributed by atoms with Gasteiger partial charge in [0, 0.05) is 37.4 Å². The number of aliphatic hydroxyl groups is 1. The van der Waals surface area contributed by atoms with E-state index in [4.69, 9.17) is 4.74 Å². The number of rotatable bonds is 3. The van der Waals surface area contributed by atoms with Gasteiger partial charge in [0.05, 0.1) is 7.11 Å². The number of nitrogens with zero attached hydrogens (tertiary/aromatic N) is 1. The molecular formula is C15H23NO2. The summed E-state index contributed by atoms with van der Waals surface area (Å²) >= 11 is 0. The number of methoxy groups -OCH3 is 1. The molecule has 2 rings (SSSR count). The van der Waals surface area contributed by atoms with E-state index in [2.05, 4.69) is 30.9 Å². The van der Waals surface area contributed by atoms with Crippen molar-refractivity contribution in [2.75, 3.05) is 31.7 Å². The molecule has 0 spiro atoms. The van der Waals surface area contributed by atoms with Crippen molar-refractivity contribution < 1.29 is 9.84 Å². The Morgan fingerprint density at radius 3 is 2.89 bits per heavy atom. The minimum absolute atomic E-state index is 0.226. The molecule has 1 saturated heterocycles. The van der Waals surface area contributed by atoms with Crippen molar-refractivity contribution in [1.82, 2.24) is 0 Å². The van der Waals surface area contributed by atoms with Crippen LogP contribution in [0, 0.1) is 11.3 Å². The van der Waals surface area contributed by atoms with E-state index in [-0.39, 0.29) is 12.0 Å². The van der Waals surface area contributed by atoms with Crippen molar-refractivity contribution in [3.05, 3.63) is 24.3 Å². The lowest BCUT2D eigenvalue weighted by Crippen LogP contribution is -2.46. The van der Waals surface area contributed by atoms with Crippen molar-refractivity contribution in [2.45, 2.75) is 20.3 Å². The van der Waals surface area contributed by atoms with Gasteiger partial charge in [-0.1, -0.05) is 19.9 Å². The summed E-state index contributed by atoms with van der Waals surface area (Å²) in [6.07, 6.45) is 1.11. The van der Waals surface area contributed by atoms with Crippen molar-refractivity contribution >= 4 is 5.69 Å². The molecule has 0 bridgehead atoms. The van der Waals surface area contributed by atoms with Gasteiger partial charge in [-0.2, -0.15) is 0 Å². The van der Waals surface area contributed by atoms with Crippen LogP contribution in [0.4, 0.5) is 5.69 Å². The first-order chi connectivity index (χ1) is 8.56. The Balaban J connectivity index is 2.15. The van der Waals surface area contributed by atoms with Gasteiger partial charge in [0.1, 0.15) is 5.75 Å². The summed E-state index contributed by atoms with van der Waals surface area (Å²) in [5.74, 6) is 1.22. The first-order valence-electron chi connectivity index (χ1n) is 6.56. The number of ether oxygens (including phenoxy) is 1. The van der Waals surface area contributed by atoms with Crippen LogP contribution in [0.3, 0.4) is 0 Å². The smallest absolute Gasteiger partial charge is 0.120 e.